The van der Waals surface area contributed by atoms with Crippen LogP contribution in [0.25, 0.3) is 11.0 Å². The Bertz CT molecular complexity index is 1070. The molecule has 0 saturated carbocycles. The van der Waals surface area contributed by atoms with E-state index in [0.29, 0.717) is 22.3 Å². The van der Waals surface area contributed by atoms with E-state index in [-0.39, 0.29) is 17.1 Å². The number of fused-ring (bicyclic) bond motifs is 1. The van der Waals surface area contributed by atoms with Crippen molar-refractivity contribution in [3.63, 3.8) is 0 Å². The van der Waals surface area contributed by atoms with Crippen molar-refractivity contribution in [2.75, 3.05) is 19.0 Å². The van der Waals surface area contributed by atoms with Crippen molar-refractivity contribution in [2.45, 2.75) is 6.92 Å². The van der Waals surface area contributed by atoms with Gasteiger partial charge in [0.15, 0.2) is 6.61 Å². The number of ether oxygens (including phenoxy) is 2. The minimum absolute atomic E-state index is 0.0144. The molecule has 2 aromatic carbocycles. The highest BCUT2D eigenvalue weighted by molar-refractivity contribution is 5.99. The summed E-state index contributed by atoms with van der Waals surface area (Å²) in [5, 5.41) is 14.0. The van der Waals surface area contributed by atoms with Crippen molar-refractivity contribution in [1.29, 1.82) is 0 Å². The normalized spacial score (nSPS) is 10.5. The molecule has 0 atom stereocenters. The molecule has 1 N–H and O–H groups in total. The van der Waals surface area contributed by atoms with Gasteiger partial charge in [-0.05, 0) is 31.2 Å². The number of anilines is 1. The fraction of sp³-hybridized carbons (Fsp3) is 0.158. The fourth-order valence-corrected chi connectivity index (χ4v) is 2.64. The molecule has 1 heterocycles. The van der Waals surface area contributed by atoms with Gasteiger partial charge in [0.1, 0.15) is 17.0 Å². The first-order valence-electron chi connectivity index (χ1n) is 8.18. The van der Waals surface area contributed by atoms with Gasteiger partial charge in [-0.25, -0.2) is 4.79 Å². The predicted octanol–water partition coefficient (Wildman–Crippen LogP) is 3.45. The van der Waals surface area contributed by atoms with Crippen LogP contribution in [0, 0.1) is 17.0 Å². The maximum atomic E-state index is 12.3. The second-order valence-electron chi connectivity index (χ2n) is 5.82. The highest BCUT2D eigenvalue weighted by Crippen LogP contribution is 2.29. The number of hydrogen-bond donors (Lipinski definition) is 1. The fourth-order valence-electron chi connectivity index (χ4n) is 2.64. The van der Waals surface area contributed by atoms with Crippen LogP contribution < -0.4 is 10.1 Å². The van der Waals surface area contributed by atoms with Gasteiger partial charge in [-0.3, -0.25) is 14.9 Å². The number of benzene rings is 2. The third kappa shape index (κ3) is 3.78. The number of carbonyl (C=O) groups excluding carboxylic acids is 2. The summed E-state index contributed by atoms with van der Waals surface area (Å²) in [4.78, 5) is 34.6. The lowest BCUT2D eigenvalue weighted by Crippen LogP contribution is -2.21. The Hall–Kier alpha value is -3.88. The van der Waals surface area contributed by atoms with Crippen LogP contribution in [-0.2, 0) is 9.53 Å². The van der Waals surface area contributed by atoms with Crippen LogP contribution in [0.5, 0.6) is 5.75 Å². The van der Waals surface area contributed by atoms with Gasteiger partial charge >= 0.3 is 5.97 Å². The minimum atomic E-state index is -0.814. The number of nitrogens with one attached hydrogen (secondary N) is 1. The Labute approximate surface area is 159 Å². The average molecular weight is 384 g/mol. The van der Waals surface area contributed by atoms with E-state index in [2.05, 4.69) is 5.32 Å². The SMILES string of the molecule is COc1ccc2oc(C(=O)OCC(=O)Nc3ccccc3[N+](=O)[O-])c(C)c2c1. The van der Waals surface area contributed by atoms with Gasteiger partial charge in [0.05, 0.1) is 12.0 Å². The number of methoxy groups -OCH3 is 1. The molecule has 3 rings (SSSR count). The number of amides is 1. The molecule has 28 heavy (non-hydrogen) atoms. The first-order valence-corrected chi connectivity index (χ1v) is 8.18. The second-order valence-corrected chi connectivity index (χ2v) is 5.82. The summed E-state index contributed by atoms with van der Waals surface area (Å²) in [5.41, 5.74) is 0.789. The molecule has 9 heteroatoms. The number of carbonyl (C=O) groups is 2. The standard InChI is InChI=1S/C19H16N2O7/c1-11-13-9-12(26-2)7-8-16(13)28-18(11)19(23)27-10-17(22)20-14-5-3-4-6-15(14)21(24)25/h3-9H,10H2,1-2H3,(H,20,22). The zero-order valence-corrected chi connectivity index (χ0v) is 15.1. The number of nitro benzene ring substituents is 1. The van der Waals surface area contributed by atoms with Crippen molar-refractivity contribution in [2.24, 2.45) is 0 Å². The zero-order chi connectivity index (χ0) is 20.3. The van der Waals surface area contributed by atoms with E-state index in [4.69, 9.17) is 13.9 Å². The van der Waals surface area contributed by atoms with E-state index >= 15 is 0 Å². The van der Waals surface area contributed by atoms with Crippen molar-refractivity contribution in [3.8, 4) is 5.75 Å². The number of aryl methyl sites for hydroxylation is 1. The molecule has 0 radical (unpaired) electrons. The first kappa shape index (κ1) is 18.9. The molecule has 9 nitrogen and oxygen atoms in total. The van der Waals surface area contributed by atoms with E-state index in [1.165, 1.54) is 25.3 Å². The number of nitrogens with zero attached hydrogens (tertiary/aromatic N) is 1. The lowest BCUT2D eigenvalue weighted by molar-refractivity contribution is -0.383. The Balaban J connectivity index is 1.69. The van der Waals surface area contributed by atoms with Crippen LogP contribution in [0.15, 0.2) is 46.9 Å². The van der Waals surface area contributed by atoms with Crippen molar-refractivity contribution < 1.29 is 28.4 Å². The highest BCUT2D eigenvalue weighted by atomic mass is 16.6. The Morgan fingerprint density at radius 1 is 1.21 bits per heavy atom. The van der Waals surface area contributed by atoms with E-state index in [9.17, 15) is 19.7 Å². The lowest BCUT2D eigenvalue weighted by atomic mass is 10.1. The van der Waals surface area contributed by atoms with E-state index in [0.717, 1.165) is 0 Å². The molecular weight excluding hydrogens is 368 g/mol. The summed E-state index contributed by atoms with van der Waals surface area (Å²) in [5.74, 6) is -0.939. The molecule has 1 aromatic heterocycles. The van der Waals surface area contributed by atoms with Crippen LogP contribution in [0.2, 0.25) is 0 Å². The van der Waals surface area contributed by atoms with Gasteiger partial charge in [0, 0.05) is 17.0 Å². The number of para-hydroxylation sites is 2. The molecule has 0 bridgehead atoms. The lowest BCUT2D eigenvalue weighted by Gasteiger charge is -2.06. The van der Waals surface area contributed by atoms with E-state index < -0.39 is 23.4 Å². The molecule has 144 valence electrons. The van der Waals surface area contributed by atoms with Gasteiger partial charge < -0.3 is 19.2 Å². The molecule has 0 aliphatic heterocycles. The van der Waals surface area contributed by atoms with Crippen LogP contribution >= 0.6 is 0 Å². The van der Waals surface area contributed by atoms with Crippen molar-refractivity contribution in [3.05, 3.63) is 63.9 Å². The molecule has 0 unspecified atom stereocenters. The van der Waals surface area contributed by atoms with Gasteiger partial charge in [-0.1, -0.05) is 12.1 Å². The van der Waals surface area contributed by atoms with E-state index in [1.54, 1.807) is 31.2 Å². The molecular formula is C19H16N2O7. The van der Waals surface area contributed by atoms with Gasteiger partial charge in [0.2, 0.25) is 5.76 Å². The summed E-state index contributed by atoms with van der Waals surface area (Å²) in [7, 11) is 1.53. The van der Waals surface area contributed by atoms with Crippen LogP contribution in [0.1, 0.15) is 16.1 Å². The summed E-state index contributed by atoms with van der Waals surface area (Å²) >= 11 is 0. The number of nitro groups is 1. The molecule has 1 amide bonds. The molecule has 0 aliphatic carbocycles. The Morgan fingerprint density at radius 3 is 2.68 bits per heavy atom. The Kier molecular flexibility index (Phi) is 5.25. The van der Waals surface area contributed by atoms with Gasteiger partial charge in [-0.2, -0.15) is 0 Å². The minimum Gasteiger partial charge on any atom is -0.497 e. The van der Waals surface area contributed by atoms with Gasteiger partial charge in [-0.15, -0.1) is 0 Å². The summed E-state index contributed by atoms with van der Waals surface area (Å²) in [6.07, 6.45) is 0. The summed E-state index contributed by atoms with van der Waals surface area (Å²) < 4.78 is 15.6. The van der Waals surface area contributed by atoms with E-state index in [1.807, 2.05) is 0 Å². The summed E-state index contributed by atoms with van der Waals surface area (Å²) in [6.45, 7) is 1.07. The predicted molar refractivity (Wildman–Crippen MR) is 99.5 cm³/mol. The smallest absolute Gasteiger partial charge is 0.375 e. The number of furan rings is 1. The van der Waals surface area contributed by atoms with Crippen LogP contribution in [0.4, 0.5) is 11.4 Å². The van der Waals surface area contributed by atoms with Crippen molar-refractivity contribution in [1.82, 2.24) is 0 Å². The first-order chi connectivity index (χ1) is 13.4. The molecule has 0 spiro atoms. The Morgan fingerprint density at radius 2 is 1.96 bits per heavy atom. The molecule has 0 saturated heterocycles. The maximum Gasteiger partial charge on any atom is 0.375 e. The molecule has 0 fully saturated rings. The van der Waals surface area contributed by atoms with Gasteiger partial charge in [0.25, 0.3) is 11.6 Å². The quantitative estimate of drug-likeness (QED) is 0.392. The molecule has 0 aliphatic rings. The third-order valence-electron chi connectivity index (χ3n) is 4.04. The molecule has 3 aromatic rings. The zero-order valence-electron chi connectivity index (χ0n) is 15.1. The summed E-state index contributed by atoms with van der Waals surface area (Å²) in [6, 6.07) is 10.8. The van der Waals surface area contributed by atoms with Crippen LogP contribution in [-0.4, -0.2) is 30.5 Å². The number of hydrogen-bond acceptors (Lipinski definition) is 7. The monoisotopic (exact) mass is 384 g/mol. The number of rotatable bonds is 6. The third-order valence-corrected chi connectivity index (χ3v) is 4.04. The van der Waals surface area contributed by atoms with Crippen molar-refractivity contribution >= 4 is 34.2 Å². The second kappa shape index (κ2) is 7.78. The average Bonchev–Trinajstić information content (AvgIpc) is 3.02. The number of esters is 1. The largest absolute Gasteiger partial charge is 0.497 e. The topological polar surface area (TPSA) is 121 Å². The van der Waals surface area contributed by atoms with Crippen LogP contribution in [0.3, 0.4) is 0 Å². The highest BCUT2D eigenvalue weighted by Gasteiger charge is 2.21. The maximum absolute atomic E-state index is 12.3.